The fraction of sp³-hybridized carbons (Fsp3) is 0.364. The third-order valence-electron chi connectivity index (χ3n) is 2.35. The van der Waals surface area contributed by atoms with Crippen LogP contribution < -0.4 is 0 Å². The Bertz CT molecular complexity index is 400. The molecule has 2 nitrogen and oxygen atoms in total. The molecule has 1 N–H and O–H groups in total. The molecule has 1 aliphatic rings. The van der Waals surface area contributed by atoms with Gasteiger partial charge in [0.05, 0.1) is 3.57 Å². The summed E-state index contributed by atoms with van der Waals surface area (Å²) in [6, 6.07) is 3.91. The van der Waals surface area contributed by atoms with E-state index in [1.165, 1.54) is 12.8 Å². The van der Waals surface area contributed by atoms with Crippen molar-refractivity contribution in [2.75, 3.05) is 6.54 Å². The van der Waals surface area contributed by atoms with Gasteiger partial charge in [-0.1, -0.05) is 0 Å². The highest BCUT2D eigenvalue weighted by Crippen LogP contribution is 2.29. The van der Waals surface area contributed by atoms with Gasteiger partial charge >= 0.3 is 0 Å². The molecular weight excluding hydrogens is 416 g/mol. The number of phenols is 1. The zero-order valence-corrected chi connectivity index (χ0v) is 12.4. The summed E-state index contributed by atoms with van der Waals surface area (Å²) in [4.78, 5) is 4.36. The van der Waals surface area contributed by atoms with Crippen LogP contribution in [0.15, 0.2) is 17.1 Å². The maximum absolute atomic E-state index is 9.80. The Labute approximate surface area is 116 Å². The molecule has 1 saturated carbocycles. The van der Waals surface area contributed by atoms with Gasteiger partial charge in [-0.2, -0.15) is 0 Å². The highest BCUT2D eigenvalue weighted by Gasteiger charge is 2.19. The molecular formula is C11H11I2NO. The van der Waals surface area contributed by atoms with Crippen molar-refractivity contribution in [1.29, 1.82) is 0 Å². The molecule has 0 bridgehead atoms. The molecule has 0 radical (unpaired) electrons. The first-order valence-electron chi connectivity index (χ1n) is 4.84. The lowest BCUT2D eigenvalue weighted by Crippen LogP contribution is -1.90. The van der Waals surface area contributed by atoms with Gasteiger partial charge in [0, 0.05) is 21.9 Å². The van der Waals surface area contributed by atoms with Crippen molar-refractivity contribution < 1.29 is 5.11 Å². The molecule has 4 heteroatoms. The van der Waals surface area contributed by atoms with E-state index in [2.05, 4.69) is 50.2 Å². The molecule has 2 rings (SSSR count). The number of hydrogen-bond acceptors (Lipinski definition) is 2. The second-order valence-electron chi connectivity index (χ2n) is 3.76. The van der Waals surface area contributed by atoms with E-state index in [-0.39, 0.29) is 0 Å². The van der Waals surface area contributed by atoms with E-state index in [9.17, 15) is 5.11 Å². The highest BCUT2D eigenvalue weighted by atomic mass is 127. The molecule has 0 aliphatic heterocycles. The zero-order chi connectivity index (χ0) is 10.8. The average Bonchev–Trinajstić information content (AvgIpc) is 2.97. The predicted molar refractivity (Wildman–Crippen MR) is 78.7 cm³/mol. The van der Waals surface area contributed by atoms with E-state index in [1.54, 1.807) is 6.21 Å². The van der Waals surface area contributed by atoms with Gasteiger partial charge in [0.15, 0.2) is 0 Å². The van der Waals surface area contributed by atoms with Gasteiger partial charge < -0.3 is 5.11 Å². The Morgan fingerprint density at radius 1 is 1.40 bits per heavy atom. The van der Waals surface area contributed by atoms with Crippen LogP contribution in [0.3, 0.4) is 0 Å². The van der Waals surface area contributed by atoms with E-state index >= 15 is 0 Å². The van der Waals surface area contributed by atoms with Crippen LogP contribution >= 0.6 is 45.2 Å². The smallest absolute Gasteiger partial charge is 0.137 e. The summed E-state index contributed by atoms with van der Waals surface area (Å²) in [5.74, 6) is 1.14. The van der Waals surface area contributed by atoms with Crippen molar-refractivity contribution >= 4 is 51.4 Å². The van der Waals surface area contributed by atoms with Gasteiger partial charge in [0.1, 0.15) is 5.75 Å². The molecule has 1 aliphatic carbocycles. The number of aromatic hydroxyl groups is 1. The highest BCUT2D eigenvalue weighted by molar-refractivity contribution is 14.1. The van der Waals surface area contributed by atoms with Crippen LogP contribution in [0.2, 0.25) is 0 Å². The second-order valence-corrected chi connectivity index (χ2v) is 6.17. The number of rotatable bonds is 3. The Balaban J connectivity index is 2.14. The zero-order valence-electron chi connectivity index (χ0n) is 8.08. The molecule has 1 aromatic carbocycles. The van der Waals surface area contributed by atoms with Crippen LogP contribution in [0.5, 0.6) is 5.75 Å². The molecule has 0 aromatic heterocycles. The Morgan fingerprint density at radius 3 is 2.80 bits per heavy atom. The van der Waals surface area contributed by atoms with Crippen molar-refractivity contribution in [1.82, 2.24) is 0 Å². The SMILES string of the molecule is Oc1c(I)cc(I)cc1C=NCC1CC1. The van der Waals surface area contributed by atoms with Crippen LogP contribution in [0.25, 0.3) is 0 Å². The summed E-state index contributed by atoms with van der Waals surface area (Å²) in [6.45, 7) is 0.904. The second kappa shape index (κ2) is 4.99. The van der Waals surface area contributed by atoms with Crippen molar-refractivity contribution in [3.05, 3.63) is 24.8 Å². The third kappa shape index (κ3) is 3.30. The summed E-state index contributed by atoms with van der Waals surface area (Å²) in [7, 11) is 0. The largest absolute Gasteiger partial charge is 0.506 e. The number of nitrogens with zero attached hydrogens (tertiary/aromatic N) is 1. The monoisotopic (exact) mass is 427 g/mol. The summed E-state index contributed by atoms with van der Waals surface area (Å²) in [6.07, 6.45) is 4.42. The van der Waals surface area contributed by atoms with Gasteiger partial charge in [-0.05, 0) is 76.1 Å². The lowest BCUT2D eigenvalue weighted by molar-refractivity contribution is 0.470. The summed E-state index contributed by atoms with van der Waals surface area (Å²) in [5.41, 5.74) is 0.826. The summed E-state index contributed by atoms with van der Waals surface area (Å²) >= 11 is 4.38. The van der Waals surface area contributed by atoms with Crippen molar-refractivity contribution in [3.63, 3.8) is 0 Å². The summed E-state index contributed by atoms with van der Waals surface area (Å²) in [5, 5.41) is 9.80. The Hall–Kier alpha value is 0.150. The van der Waals surface area contributed by atoms with E-state index in [4.69, 9.17) is 0 Å². The molecule has 1 fully saturated rings. The van der Waals surface area contributed by atoms with Gasteiger partial charge in [-0.25, -0.2) is 0 Å². The molecule has 0 amide bonds. The van der Waals surface area contributed by atoms with Gasteiger partial charge in [-0.3, -0.25) is 4.99 Å². The Kier molecular flexibility index (Phi) is 3.87. The van der Waals surface area contributed by atoms with E-state index < -0.39 is 0 Å². The third-order valence-corrected chi connectivity index (χ3v) is 3.79. The Morgan fingerprint density at radius 2 is 2.13 bits per heavy atom. The molecule has 0 saturated heterocycles. The van der Waals surface area contributed by atoms with E-state index in [0.29, 0.717) is 5.75 Å². The van der Waals surface area contributed by atoms with Crippen LogP contribution in [0.4, 0.5) is 0 Å². The average molecular weight is 427 g/mol. The first kappa shape index (κ1) is 11.6. The van der Waals surface area contributed by atoms with Gasteiger partial charge in [0.2, 0.25) is 0 Å². The molecule has 1 aromatic rings. The summed E-state index contributed by atoms with van der Waals surface area (Å²) < 4.78 is 2.01. The van der Waals surface area contributed by atoms with Crippen molar-refractivity contribution in [2.45, 2.75) is 12.8 Å². The molecule has 0 spiro atoms. The molecule has 15 heavy (non-hydrogen) atoms. The van der Waals surface area contributed by atoms with Crippen LogP contribution in [-0.2, 0) is 0 Å². The first-order valence-corrected chi connectivity index (χ1v) is 7.00. The minimum absolute atomic E-state index is 0.343. The quantitative estimate of drug-likeness (QED) is 0.583. The maximum atomic E-state index is 9.80. The fourth-order valence-corrected chi connectivity index (χ4v) is 3.17. The number of phenolic OH excluding ortho intramolecular Hbond substituents is 1. The fourth-order valence-electron chi connectivity index (χ4n) is 1.28. The molecule has 0 heterocycles. The van der Waals surface area contributed by atoms with Gasteiger partial charge in [-0.15, -0.1) is 0 Å². The standard InChI is InChI=1S/C11H11I2NO/c12-9-3-8(11(15)10(13)4-9)6-14-5-7-1-2-7/h3-4,6-7,15H,1-2,5H2. The van der Waals surface area contributed by atoms with Crippen molar-refractivity contribution in [3.8, 4) is 5.75 Å². The molecule has 0 unspecified atom stereocenters. The predicted octanol–water partition coefficient (Wildman–Crippen LogP) is 3.43. The van der Waals surface area contributed by atoms with E-state index in [0.717, 1.165) is 25.2 Å². The van der Waals surface area contributed by atoms with Crippen LogP contribution in [0, 0.1) is 13.1 Å². The van der Waals surface area contributed by atoms with Crippen LogP contribution in [0.1, 0.15) is 18.4 Å². The van der Waals surface area contributed by atoms with E-state index in [1.807, 2.05) is 12.1 Å². The topological polar surface area (TPSA) is 32.6 Å². The normalized spacial score (nSPS) is 16.1. The van der Waals surface area contributed by atoms with Crippen molar-refractivity contribution in [2.24, 2.45) is 10.9 Å². The first-order chi connectivity index (χ1) is 7.16. The maximum Gasteiger partial charge on any atom is 0.137 e. The number of halogens is 2. The van der Waals surface area contributed by atoms with Gasteiger partial charge in [0.25, 0.3) is 0 Å². The van der Waals surface area contributed by atoms with Crippen LogP contribution in [-0.4, -0.2) is 17.9 Å². The molecule has 80 valence electrons. The minimum Gasteiger partial charge on any atom is -0.506 e. The lowest BCUT2D eigenvalue weighted by Gasteiger charge is -2.02. The lowest BCUT2D eigenvalue weighted by atomic mass is 10.2. The number of aliphatic imine (C=N–C) groups is 1. The molecule has 0 atom stereocenters. The number of hydrogen-bond donors (Lipinski definition) is 1. The number of benzene rings is 1. The minimum atomic E-state index is 0.343.